The summed E-state index contributed by atoms with van der Waals surface area (Å²) in [6.07, 6.45) is 0.730. The second kappa shape index (κ2) is 6.16. The van der Waals surface area contributed by atoms with Gasteiger partial charge in [-0.2, -0.15) is 0 Å². The molecule has 0 heterocycles. The molecule has 0 aliphatic rings. The lowest BCUT2D eigenvalue weighted by Gasteiger charge is -2.16. The molecule has 0 bridgehead atoms. The van der Waals surface area contributed by atoms with Crippen LogP contribution in [0.4, 0.5) is 5.69 Å². The Morgan fingerprint density at radius 1 is 1.31 bits per heavy atom. The minimum Gasteiger partial charge on any atom is -0.378 e. The highest BCUT2D eigenvalue weighted by Crippen LogP contribution is 2.19. The van der Waals surface area contributed by atoms with Gasteiger partial charge in [-0.25, -0.2) is 0 Å². The normalized spacial score (nSPS) is 11.5. The van der Waals surface area contributed by atoms with Gasteiger partial charge in [-0.05, 0) is 24.6 Å². The molecule has 1 unspecified atom stereocenters. The van der Waals surface area contributed by atoms with Gasteiger partial charge in [0.15, 0.2) is 0 Å². The number of nitrogens with one attached hydrogen (secondary N) is 1. The number of nitrogens with zero attached hydrogens (tertiary/aromatic N) is 1. The Hall–Kier alpha value is -1.50. The van der Waals surface area contributed by atoms with Crippen LogP contribution in [0.5, 0.6) is 0 Å². The molecule has 1 rings (SSSR count). The van der Waals surface area contributed by atoms with Crippen molar-refractivity contribution < 1.29 is 0 Å². The quantitative estimate of drug-likeness (QED) is 0.458. The summed E-state index contributed by atoms with van der Waals surface area (Å²) in [4.78, 5) is 2.07. The van der Waals surface area contributed by atoms with Crippen molar-refractivity contribution in [3.05, 3.63) is 29.8 Å². The Kier molecular flexibility index (Phi) is 4.84. The van der Waals surface area contributed by atoms with Gasteiger partial charge in [-0.15, -0.1) is 11.8 Å². The predicted molar refractivity (Wildman–Crippen MR) is 68.9 cm³/mol. The topological polar surface area (TPSA) is 41.3 Å². The summed E-state index contributed by atoms with van der Waals surface area (Å²) < 4.78 is 0. The van der Waals surface area contributed by atoms with Gasteiger partial charge in [0.05, 0.1) is 6.04 Å². The van der Waals surface area contributed by atoms with Crippen molar-refractivity contribution in [2.75, 3.05) is 19.0 Å². The molecule has 0 amide bonds. The maximum absolute atomic E-state index is 5.52. The average molecular weight is 217 g/mol. The van der Waals surface area contributed by atoms with Crippen LogP contribution in [0, 0.1) is 11.8 Å². The van der Waals surface area contributed by atoms with Crippen molar-refractivity contribution in [1.29, 1.82) is 0 Å². The molecule has 3 N–H and O–H groups in total. The summed E-state index contributed by atoms with van der Waals surface area (Å²) in [5.41, 5.74) is 5.13. The monoisotopic (exact) mass is 217 g/mol. The molecule has 16 heavy (non-hydrogen) atoms. The third-order valence-electron chi connectivity index (χ3n) is 2.50. The molecular weight excluding hydrogens is 198 g/mol. The molecule has 0 spiro atoms. The lowest BCUT2D eigenvalue weighted by molar-refractivity contribution is 0.568. The minimum absolute atomic E-state index is 0.101. The van der Waals surface area contributed by atoms with Crippen LogP contribution in [0.1, 0.15) is 24.9 Å². The first kappa shape index (κ1) is 12.6. The van der Waals surface area contributed by atoms with Crippen LogP contribution in [0.25, 0.3) is 0 Å². The van der Waals surface area contributed by atoms with E-state index in [1.807, 2.05) is 21.0 Å². The van der Waals surface area contributed by atoms with E-state index in [1.54, 1.807) is 0 Å². The van der Waals surface area contributed by atoms with E-state index >= 15 is 0 Å². The molecule has 0 radical (unpaired) electrons. The van der Waals surface area contributed by atoms with E-state index in [0.717, 1.165) is 12.0 Å². The Bertz CT molecular complexity index is 370. The van der Waals surface area contributed by atoms with E-state index in [1.165, 1.54) is 5.69 Å². The molecule has 1 aromatic rings. The van der Waals surface area contributed by atoms with Crippen molar-refractivity contribution in [2.24, 2.45) is 5.84 Å². The first-order chi connectivity index (χ1) is 7.69. The Balaban J connectivity index is 2.80. The molecule has 3 nitrogen and oxygen atoms in total. The molecule has 0 fully saturated rings. The highest BCUT2D eigenvalue weighted by atomic mass is 15.2. The second-order valence-corrected chi connectivity index (χ2v) is 3.84. The molecule has 0 aliphatic heterocycles. The van der Waals surface area contributed by atoms with E-state index < -0.39 is 0 Å². The van der Waals surface area contributed by atoms with Crippen LogP contribution in [-0.2, 0) is 0 Å². The standard InChI is InChI=1S/C13H19N3/c1-4-5-6-13(15-14)11-7-9-12(10-8-11)16(2)3/h7-10,13,15H,6,14H2,1-3H3. The van der Waals surface area contributed by atoms with E-state index in [-0.39, 0.29) is 6.04 Å². The van der Waals surface area contributed by atoms with E-state index in [9.17, 15) is 0 Å². The molecular formula is C13H19N3. The minimum atomic E-state index is 0.101. The van der Waals surface area contributed by atoms with Crippen LogP contribution in [0.3, 0.4) is 0 Å². The van der Waals surface area contributed by atoms with Gasteiger partial charge in [-0.3, -0.25) is 11.3 Å². The van der Waals surface area contributed by atoms with Crippen molar-refractivity contribution in [1.82, 2.24) is 5.43 Å². The first-order valence-corrected chi connectivity index (χ1v) is 5.32. The van der Waals surface area contributed by atoms with Crippen LogP contribution >= 0.6 is 0 Å². The van der Waals surface area contributed by atoms with Crippen molar-refractivity contribution in [3.63, 3.8) is 0 Å². The van der Waals surface area contributed by atoms with Crippen LogP contribution in [-0.4, -0.2) is 14.1 Å². The number of nitrogens with two attached hydrogens (primary N) is 1. The fourth-order valence-corrected chi connectivity index (χ4v) is 1.48. The molecule has 1 aromatic carbocycles. The summed E-state index contributed by atoms with van der Waals surface area (Å²) in [5.74, 6) is 11.4. The number of hydrogen-bond acceptors (Lipinski definition) is 3. The zero-order chi connectivity index (χ0) is 12.0. The van der Waals surface area contributed by atoms with Gasteiger partial charge in [-0.1, -0.05) is 12.1 Å². The van der Waals surface area contributed by atoms with Crippen molar-refractivity contribution in [2.45, 2.75) is 19.4 Å². The van der Waals surface area contributed by atoms with Gasteiger partial charge in [0, 0.05) is 26.2 Å². The van der Waals surface area contributed by atoms with Gasteiger partial charge in [0.25, 0.3) is 0 Å². The number of hydrogen-bond donors (Lipinski definition) is 2. The fraction of sp³-hybridized carbons (Fsp3) is 0.385. The molecule has 0 saturated carbocycles. The number of hydrazine groups is 1. The highest BCUT2D eigenvalue weighted by Gasteiger charge is 2.07. The first-order valence-electron chi connectivity index (χ1n) is 5.32. The molecule has 0 saturated heterocycles. The Morgan fingerprint density at radius 2 is 1.94 bits per heavy atom. The van der Waals surface area contributed by atoms with Gasteiger partial charge >= 0.3 is 0 Å². The van der Waals surface area contributed by atoms with Crippen LogP contribution < -0.4 is 16.2 Å². The summed E-state index contributed by atoms with van der Waals surface area (Å²) in [7, 11) is 4.05. The third-order valence-corrected chi connectivity index (χ3v) is 2.50. The largest absolute Gasteiger partial charge is 0.378 e. The summed E-state index contributed by atoms with van der Waals surface area (Å²) in [5, 5.41) is 0. The van der Waals surface area contributed by atoms with E-state index in [2.05, 4.69) is 46.4 Å². The number of rotatable bonds is 4. The summed E-state index contributed by atoms with van der Waals surface area (Å²) >= 11 is 0. The Labute approximate surface area is 97.6 Å². The fourth-order valence-electron chi connectivity index (χ4n) is 1.48. The molecule has 0 aromatic heterocycles. The number of anilines is 1. The van der Waals surface area contributed by atoms with E-state index in [0.29, 0.717) is 0 Å². The molecule has 0 aliphatic carbocycles. The van der Waals surface area contributed by atoms with Gasteiger partial charge in [0.2, 0.25) is 0 Å². The summed E-state index contributed by atoms with van der Waals surface area (Å²) in [6.45, 7) is 1.84. The van der Waals surface area contributed by atoms with E-state index in [4.69, 9.17) is 5.84 Å². The molecule has 1 atom stereocenters. The Morgan fingerprint density at radius 3 is 2.38 bits per heavy atom. The van der Waals surface area contributed by atoms with Crippen LogP contribution in [0.15, 0.2) is 24.3 Å². The lowest BCUT2D eigenvalue weighted by atomic mass is 10.0. The molecule has 3 heteroatoms. The maximum atomic E-state index is 5.52. The van der Waals surface area contributed by atoms with Crippen molar-refractivity contribution in [3.8, 4) is 11.8 Å². The van der Waals surface area contributed by atoms with Gasteiger partial charge < -0.3 is 4.90 Å². The SMILES string of the molecule is CC#CCC(NN)c1ccc(N(C)C)cc1. The smallest absolute Gasteiger partial charge is 0.0569 e. The predicted octanol–water partition coefficient (Wildman–Crippen LogP) is 1.67. The second-order valence-electron chi connectivity index (χ2n) is 3.84. The van der Waals surface area contributed by atoms with Crippen LogP contribution in [0.2, 0.25) is 0 Å². The average Bonchev–Trinajstić information content (AvgIpc) is 2.30. The maximum Gasteiger partial charge on any atom is 0.0569 e. The van der Waals surface area contributed by atoms with Gasteiger partial charge in [0.1, 0.15) is 0 Å². The molecule has 86 valence electrons. The summed E-state index contributed by atoms with van der Waals surface area (Å²) in [6, 6.07) is 8.43. The van der Waals surface area contributed by atoms with Crippen molar-refractivity contribution >= 4 is 5.69 Å². The third kappa shape index (κ3) is 3.27. The highest BCUT2D eigenvalue weighted by molar-refractivity contribution is 5.46. The lowest BCUT2D eigenvalue weighted by Crippen LogP contribution is -2.27. The zero-order valence-corrected chi connectivity index (χ0v) is 10.1. The zero-order valence-electron chi connectivity index (χ0n) is 10.1. The number of benzene rings is 1.